The number of esters is 1. The predicted octanol–water partition coefficient (Wildman–Crippen LogP) is 0.661. The molecule has 0 spiro atoms. The Balaban J connectivity index is 4.11. The van der Waals surface area contributed by atoms with Crippen LogP contribution in [-0.4, -0.2) is 33.3 Å². The first-order chi connectivity index (χ1) is 7.95. The van der Waals surface area contributed by atoms with E-state index in [0.717, 1.165) is 0 Å². The molecule has 0 radical (unpaired) electrons. The molecule has 5 nitrogen and oxygen atoms in total. The standard InChI is InChI=1S/C11H19NO4S/c1-4-7-10(5-2)12-17(14,15)9-6-8-11(13)16-3/h1,10,12H,5-9H2,2-3H3. The van der Waals surface area contributed by atoms with Gasteiger partial charge in [-0.15, -0.1) is 12.3 Å². The molecule has 1 N–H and O–H groups in total. The van der Waals surface area contributed by atoms with Crippen LogP contribution in [0.15, 0.2) is 0 Å². The molecule has 0 aromatic rings. The number of ether oxygens (including phenoxy) is 1. The molecule has 0 aliphatic carbocycles. The van der Waals surface area contributed by atoms with Crippen molar-refractivity contribution < 1.29 is 17.9 Å². The molecule has 0 saturated heterocycles. The smallest absolute Gasteiger partial charge is 0.305 e. The quantitative estimate of drug-likeness (QED) is 0.514. The molecule has 1 unspecified atom stereocenters. The van der Waals surface area contributed by atoms with E-state index in [1.54, 1.807) is 0 Å². The summed E-state index contributed by atoms with van der Waals surface area (Å²) in [5, 5.41) is 0. The number of methoxy groups -OCH3 is 1. The molecule has 0 amide bonds. The molecule has 6 heteroatoms. The Hall–Kier alpha value is -1.06. The maximum Gasteiger partial charge on any atom is 0.305 e. The molecule has 0 saturated carbocycles. The summed E-state index contributed by atoms with van der Waals surface area (Å²) in [5.74, 6) is 1.92. The number of hydrogen-bond acceptors (Lipinski definition) is 4. The Bertz CT molecular complexity index is 369. The maximum absolute atomic E-state index is 11.6. The van der Waals surface area contributed by atoms with Gasteiger partial charge < -0.3 is 4.74 Å². The van der Waals surface area contributed by atoms with E-state index in [1.807, 2.05) is 6.92 Å². The van der Waals surface area contributed by atoms with Gasteiger partial charge in [0.1, 0.15) is 0 Å². The van der Waals surface area contributed by atoms with Gasteiger partial charge in [0.15, 0.2) is 0 Å². The van der Waals surface area contributed by atoms with Gasteiger partial charge in [0.25, 0.3) is 0 Å². The number of nitrogens with one attached hydrogen (secondary N) is 1. The van der Waals surface area contributed by atoms with Crippen LogP contribution in [0, 0.1) is 12.3 Å². The molecule has 0 aliphatic heterocycles. The van der Waals surface area contributed by atoms with Gasteiger partial charge in [0.05, 0.1) is 12.9 Å². The van der Waals surface area contributed by atoms with Crippen LogP contribution in [-0.2, 0) is 19.6 Å². The van der Waals surface area contributed by atoms with Crippen molar-refractivity contribution in [1.29, 1.82) is 0 Å². The normalized spacial score (nSPS) is 12.8. The highest BCUT2D eigenvalue weighted by Gasteiger charge is 2.16. The summed E-state index contributed by atoms with van der Waals surface area (Å²) < 4.78 is 30.2. The third kappa shape index (κ3) is 7.77. The molecule has 0 aliphatic rings. The molecule has 98 valence electrons. The highest BCUT2D eigenvalue weighted by Crippen LogP contribution is 2.02. The molecular formula is C11H19NO4S. The summed E-state index contributed by atoms with van der Waals surface area (Å²) >= 11 is 0. The van der Waals surface area contributed by atoms with Gasteiger partial charge in [0, 0.05) is 18.9 Å². The lowest BCUT2D eigenvalue weighted by Gasteiger charge is -2.14. The summed E-state index contributed by atoms with van der Waals surface area (Å²) in [5.41, 5.74) is 0. The summed E-state index contributed by atoms with van der Waals surface area (Å²) in [6.07, 6.45) is 6.49. The maximum atomic E-state index is 11.6. The second-order valence-electron chi connectivity index (χ2n) is 3.63. The van der Waals surface area contributed by atoms with Gasteiger partial charge in [0.2, 0.25) is 10.0 Å². The van der Waals surface area contributed by atoms with Gasteiger partial charge in [-0.05, 0) is 12.8 Å². The van der Waals surface area contributed by atoms with Crippen LogP contribution in [0.5, 0.6) is 0 Å². The van der Waals surface area contributed by atoms with E-state index in [4.69, 9.17) is 6.42 Å². The zero-order chi connectivity index (χ0) is 13.3. The lowest BCUT2D eigenvalue weighted by molar-refractivity contribution is -0.140. The van der Waals surface area contributed by atoms with Gasteiger partial charge in [-0.25, -0.2) is 13.1 Å². The van der Waals surface area contributed by atoms with E-state index in [-0.39, 0.29) is 24.6 Å². The summed E-state index contributed by atoms with van der Waals surface area (Å²) in [4.78, 5) is 10.8. The lowest BCUT2D eigenvalue weighted by Crippen LogP contribution is -2.35. The van der Waals surface area contributed by atoms with Crippen molar-refractivity contribution in [1.82, 2.24) is 4.72 Å². The number of hydrogen-bond donors (Lipinski definition) is 1. The second kappa shape index (κ2) is 8.09. The largest absolute Gasteiger partial charge is 0.469 e. The second-order valence-corrected chi connectivity index (χ2v) is 5.50. The molecule has 17 heavy (non-hydrogen) atoms. The molecule has 0 aromatic heterocycles. The van der Waals surface area contributed by atoms with Crippen molar-refractivity contribution in [2.24, 2.45) is 0 Å². The third-order valence-corrected chi connectivity index (χ3v) is 3.74. The minimum Gasteiger partial charge on any atom is -0.469 e. The highest BCUT2D eigenvalue weighted by atomic mass is 32.2. The summed E-state index contributed by atoms with van der Waals surface area (Å²) in [7, 11) is -2.10. The first-order valence-corrected chi connectivity index (χ1v) is 7.10. The molecule has 1 atom stereocenters. The van der Waals surface area contributed by atoms with Crippen LogP contribution in [0.4, 0.5) is 0 Å². The average Bonchev–Trinajstić information content (AvgIpc) is 2.27. The van der Waals surface area contributed by atoms with E-state index in [0.29, 0.717) is 12.8 Å². The van der Waals surface area contributed by atoms with E-state index < -0.39 is 16.0 Å². The SMILES string of the molecule is C#CCC(CC)NS(=O)(=O)CCCC(=O)OC. The van der Waals surface area contributed by atoms with Crippen LogP contribution in [0.2, 0.25) is 0 Å². The third-order valence-electron chi connectivity index (χ3n) is 2.22. The molecule has 0 rings (SSSR count). The molecular weight excluding hydrogens is 242 g/mol. The van der Waals surface area contributed by atoms with Crippen molar-refractivity contribution in [2.45, 2.75) is 38.6 Å². The Morgan fingerprint density at radius 1 is 1.53 bits per heavy atom. The van der Waals surface area contributed by atoms with Crippen LogP contribution < -0.4 is 4.72 Å². The van der Waals surface area contributed by atoms with E-state index in [2.05, 4.69) is 15.4 Å². The summed E-state index contributed by atoms with van der Waals surface area (Å²) in [6.45, 7) is 1.86. The topological polar surface area (TPSA) is 72.5 Å². The Morgan fingerprint density at radius 3 is 2.65 bits per heavy atom. The fourth-order valence-electron chi connectivity index (χ4n) is 1.23. The Morgan fingerprint density at radius 2 is 2.18 bits per heavy atom. The number of sulfonamides is 1. The van der Waals surface area contributed by atoms with Gasteiger partial charge >= 0.3 is 5.97 Å². The number of carbonyl (C=O) groups excluding carboxylic acids is 1. The van der Waals surface area contributed by atoms with Crippen molar-refractivity contribution in [3.05, 3.63) is 0 Å². The van der Waals surface area contributed by atoms with E-state index >= 15 is 0 Å². The lowest BCUT2D eigenvalue weighted by atomic mass is 10.2. The van der Waals surface area contributed by atoms with Gasteiger partial charge in [-0.2, -0.15) is 0 Å². The number of terminal acetylenes is 1. The van der Waals surface area contributed by atoms with E-state index in [1.165, 1.54) is 7.11 Å². The Kier molecular flexibility index (Phi) is 7.59. The van der Waals surface area contributed by atoms with Crippen molar-refractivity contribution in [3.8, 4) is 12.3 Å². The van der Waals surface area contributed by atoms with Crippen LogP contribution in [0.25, 0.3) is 0 Å². The van der Waals surface area contributed by atoms with Crippen molar-refractivity contribution in [2.75, 3.05) is 12.9 Å². The van der Waals surface area contributed by atoms with E-state index in [9.17, 15) is 13.2 Å². The fourth-order valence-corrected chi connectivity index (χ4v) is 2.63. The summed E-state index contributed by atoms with van der Waals surface area (Å²) in [6, 6.07) is -0.233. The van der Waals surface area contributed by atoms with Gasteiger partial charge in [-0.1, -0.05) is 6.92 Å². The first-order valence-electron chi connectivity index (χ1n) is 5.45. The van der Waals surface area contributed by atoms with Crippen molar-refractivity contribution in [3.63, 3.8) is 0 Å². The highest BCUT2D eigenvalue weighted by molar-refractivity contribution is 7.89. The minimum absolute atomic E-state index is 0.0941. The minimum atomic E-state index is -3.37. The molecule has 0 aromatic carbocycles. The van der Waals surface area contributed by atoms with Crippen LogP contribution in [0.1, 0.15) is 32.6 Å². The fraction of sp³-hybridized carbons (Fsp3) is 0.727. The average molecular weight is 261 g/mol. The van der Waals surface area contributed by atoms with Crippen LogP contribution >= 0.6 is 0 Å². The van der Waals surface area contributed by atoms with Gasteiger partial charge in [-0.3, -0.25) is 4.79 Å². The monoisotopic (exact) mass is 261 g/mol. The molecule has 0 heterocycles. The Labute approximate surface area is 103 Å². The zero-order valence-electron chi connectivity index (χ0n) is 10.2. The number of rotatable bonds is 8. The predicted molar refractivity (Wildman–Crippen MR) is 65.7 cm³/mol. The molecule has 0 bridgehead atoms. The first kappa shape index (κ1) is 15.9. The zero-order valence-corrected chi connectivity index (χ0v) is 11.0. The van der Waals surface area contributed by atoms with Crippen molar-refractivity contribution >= 4 is 16.0 Å². The van der Waals surface area contributed by atoms with Crippen LogP contribution in [0.3, 0.4) is 0 Å². The number of carbonyl (C=O) groups is 1. The molecule has 0 fully saturated rings.